The van der Waals surface area contributed by atoms with Crippen molar-refractivity contribution in [1.29, 1.82) is 0 Å². The average molecular weight is 301 g/mol. The molecule has 0 aliphatic rings. The zero-order valence-electron chi connectivity index (χ0n) is 11.0. The van der Waals surface area contributed by atoms with E-state index in [2.05, 4.69) is 56.5 Å². The van der Waals surface area contributed by atoms with Gasteiger partial charge >= 0.3 is 0 Å². The van der Waals surface area contributed by atoms with Gasteiger partial charge in [0.05, 0.1) is 0 Å². The highest BCUT2D eigenvalue weighted by molar-refractivity contribution is 7.71. The van der Waals surface area contributed by atoms with Crippen LogP contribution in [-0.4, -0.2) is 14.8 Å². The van der Waals surface area contributed by atoms with Crippen molar-refractivity contribution in [2.45, 2.75) is 19.4 Å². The number of nitrogens with zero attached hydrogens (tertiary/aromatic N) is 2. The molecule has 0 unspecified atom stereocenters. The van der Waals surface area contributed by atoms with Crippen molar-refractivity contribution < 1.29 is 0 Å². The second kappa shape index (κ2) is 6.15. The smallest absolute Gasteiger partial charge is 0.195 e. The van der Waals surface area contributed by atoms with E-state index in [-0.39, 0.29) is 0 Å². The fourth-order valence-electron chi connectivity index (χ4n) is 2.17. The molecule has 0 atom stereocenters. The van der Waals surface area contributed by atoms with Crippen molar-refractivity contribution in [3.8, 4) is 0 Å². The number of benzene rings is 1. The minimum atomic E-state index is 0.701. The molecule has 0 spiro atoms. The third-order valence-electron chi connectivity index (χ3n) is 3.22. The molecule has 0 aliphatic heterocycles. The Morgan fingerprint density at radius 1 is 1.15 bits per heavy atom. The van der Waals surface area contributed by atoms with Crippen LogP contribution in [0.15, 0.2) is 47.8 Å². The Kier molecular flexibility index (Phi) is 4.08. The number of aryl methyl sites for hydroxylation is 1. The van der Waals surface area contributed by atoms with Crippen molar-refractivity contribution >= 4 is 23.6 Å². The Hall–Kier alpha value is -1.72. The number of nitrogens with one attached hydrogen (secondary N) is 1. The van der Waals surface area contributed by atoms with Crippen LogP contribution in [0.3, 0.4) is 0 Å². The first-order chi connectivity index (χ1) is 9.83. The molecule has 3 nitrogen and oxygen atoms in total. The third-order valence-corrected chi connectivity index (χ3v) is 4.40. The molecular formula is C15H15N3S2. The third kappa shape index (κ3) is 3.05. The van der Waals surface area contributed by atoms with Crippen LogP contribution < -0.4 is 0 Å². The van der Waals surface area contributed by atoms with E-state index in [9.17, 15) is 0 Å². The van der Waals surface area contributed by atoms with Crippen LogP contribution in [0, 0.1) is 4.77 Å². The van der Waals surface area contributed by atoms with E-state index in [0.29, 0.717) is 4.77 Å². The highest BCUT2D eigenvalue weighted by atomic mass is 32.1. The predicted molar refractivity (Wildman–Crippen MR) is 84.7 cm³/mol. The predicted octanol–water partition coefficient (Wildman–Crippen LogP) is 3.84. The summed E-state index contributed by atoms with van der Waals surface area (Å²) in [6.07, 6.45) is 1.80. The topological polar surface area (TPSA) is 33.6 Å². The van der Waals surface area contributed by atoms with Gasteiger partial charge in [-0.05, 0) is 35.6 Å². The van der Waals surface area contributed by atoms with Crippen LogP contribution in [0.4, 0.5) is 0 Å². The number of aromatic nitrogens is 3. The van der Waals surface area contributed by atoms with Gasteiger partial charge in [-0.15, -0.1) is 11.3 Å². The molecule has 1 N–H and O–H groups in total. The Bertz CT molecular complexity index is 711. The van der Waals surface area contributed by atoms with E-state index in [1.165, 1.54) is 10.4 Å². The lowest BCUT2D eigenvalue weighted by molar-refractivity contribution is 0.654. The second-order valence-electron chi connectivity index (χ2n) is 4.59. The molecule has 20 heavy (non-hydrogen) atoms. The van der Waals surface area contributed by atoms with E-state index >= 15 is 0 Å². The molecule has 3 rings (SSSR count). The molecule has 0 saturated heterocycles. The molecule has 102 valence electrons. The number of rotatable bonds is 5. The summed E-state index contributed by atoms with van der Waals surface area (Å²) in [6, 6.07) is 14.6. The van der Waals surface area contributed by atoms with Gasteiger partial charge in [0.25, 0.3) is 0 Å². The fourth-order valence-corrected chi connectivity index (χ4v) is 3.11. The lowest BCUT2D eigenvalue weighted by Gasteiger charge is -2.06. The lowest BCUT2D eigenvalue weighted by Crippen LogP contribution is -2.06. The molecule has 0 fully saturated rings. The van der Waals surface area contributed by atoms with E-state index in [1.807, 2.05) is 6.07 Å². The molecule has 2 heterocycles. The Morgan fingerprint density at radius 2 is 2.00 bits per heavy atom. The molecule has 0 saturated carbocycles. The molecule has 1 aromatic carbocycles. The maximum Gasteiger partial charge on any atom is 0.195 e. The maximum absolute atomic E-state index is 5.33. The zero-order valence-corrected chi connectivity index (χ0v) is 12.6. The van der Waals surface area contributed by atoms with Gasteiger partial charge < -0.3 is 4.57 Å². The van der Waals surface area contributed by atoms with Crippen molar-refractivity contribution in [1.82, 2.24) is 14.8 Å². The van der Waals surface area contributed by atoms with Crippen LogP contribution in [0.2, 0.25) is 0 Å². The summed E-state index contributed by atoms with van der Waals surface area (Å²) in [5.74, 6) is 1.01. The highest BCUT2D eigenvalue weighted by Gasteiger charge is 2.07. The first-order valence-corrected chi connectivity index (χ1v) is 7.82. The van der Waals surface area contributed by atoms with E-state index in [1.54, 1.807) is 11.3 Å². The van der Waals surface area contributed by atoms with Crippen molar-refractivity contribution in [2.75, 3.05) is 0 Å². The van der Waals surface area contributed by atoms with Gasteiger partial charge in [-0.1, -0.05) is 36.4 Å². The zero-order chi connectivity index (χ0) is 13.8. The van der Waals surface area contributed by atoms with E-state index in [0.717, 1.165) is 25.2 Å². The summed E-state index contributed by atoms with van der Waals surface area (Å²) in [6.45, 7) is 0.861. The van der Waals surface area contributed by atoms with Gasteiger partial charge in [0, 0.05) is 17.8 Å². The molecular weight excluding hydrogens is 286 g/mol. The van der Waals surface area contributed by atoms with E-state index < -0.39 is 0 Å². The van der Waals surface area contributed by atoms with Crippen molar-refractivity contribution in [3.05, 3.63) is 68.9 Å². The molecule has 0 radical (unpaired) electrons. The fraction of sp³-hybridized carbons (Fsp3) is 0.200. The van der Waals surface area contributed by atoms with Gasteiger partial charge in [-0.3, -0.25) is 5.10 Å². The number of hydrogen-bond donors (Lipinski definition) is 1. The molecule has 3 aromatic rings. The molecule has 0 aliphatic carbocycles. The van der Waals surface area contributed by atoms with Crippen molar-refractivity contribution in [3.63, 3.8) is 0 Å². The molecule has 0 amide bonds. The summed E-state index contributed by atoms with van der Waals surface area (Å²) in [5, 5.41) is 9.35. The summed E-state index contributed by atoms with van der Waals surface area (Å²) >= 11 is 7.08. The quantitative estimate of drug-likeness (QED) is 0.727. The minimum Gasteiger partial charge on any atom is -0.304 e. The van der Waals surface area contributed by atoms with Gasteiger partial charge in [0.15, 0.2) is 4.77 Å². The standard InChI is InChI=1S/C15H15N3S2/c19-15-17-16-14(11-13-7-4-10-20-13)18(15)9-8-12-5-2-1-3-6-12/h1-7,10H,8-9,11H2,(H,17,19). The highest BCUT2D eigenvalue weighted by Crippen LogP contribution is 2.14. The molecule has 5 heteroatoms. The van der Waals surface area contributed by atoms with Gasteiger partial charge in [-0.25, -0.2) is 0 Å². The first-order valence-electron chi connectivity index (χ1n) is 6.53. The molecule has 0 bridgehead atoms. The summed E-state index contributed by atoms with van der Waals surface area (Å²) < 4.78 is 2.80. The normalized spacial score (nSPS) is 10.8. The summed E-state index contributed by atoms with van der Waals surface area (Å²) in [5.41, 5.74) is 1.32. The van der Waals surface area contributed by atoms with Gasteiger partial charge in [0.2, 0.25) is 0 Å². The second-order valence-corrected chi connectivity index (χ2v) is 6.01. The summed E-state index contributed by atoms with van der Waals surface area (Å²) in [7, 11) is 0. The van der Waals surface area contributed by atoms with Crippen LogP contribution in [0.1, 0.15) is 16.3 Å². The SMILES string of the molecule is S=c1[nH]nc(Cc2cccs2)n1CCc1ccccc1. The van der Waals surface area contributed by atoms with Crippen LogP contribution in [-0.2, 0) is 19.4 Å². The van der Waals surface area contributed by atoms with Gasteiger partial charge in [0.1, 0.15) is 5.82 Å². The number of hydrogen-bond acceptors (Lipinski definition) is 3. The Morgan fingerprint density at radius 3 is 2.75 bits per heavy atom. The minimum absolute atomic E-state index is 0.701. The maximum atomic E-state index is 5.33. The monoisotopic (exact) mass is 301 g/mol. The van der Waals surface area contributed by atoms with Crippen LogP contribution in [0.5, 0.6) is 0 Å². The van der Waals surface area contributed by atoms with Crippen LogP contribution >= 0.6 is 23.6 Å². The van der Waals surface area contributed by atoms with Crippen molar-refractivity contribution in [2.24, 2.45) is 0 Å². The van der Waals surface area contributed by atoms with Gasteiger partial charge in [-0.2, -0.15) is 5.10 Å². The largest absolute Gasteiger partial charge is 0.304 e. The molecule has 2 aromatic heterocycles. The average Bonchev–Trinajstić information content (AvgIpc) is 3.09. The number of H-pyrrole nitrogens is 1. The first kappa shape index (κ1) is 13.3. The van der Waals surface area contributed by atoms with E-state index in [4.69, 9.17) is 12.2 Å². The Labute approximate surface area is 126 Å². The lowest BCUT2D eigenvalue weighted by atomic mass is 10.1. The van der Waals surface area contributed by atoms with Crippen LogP contribution in [0.25, 0.3) is 0 Å². The Balaban J connectivity index is 1.76. The summed E-state index contributed by atoms with van der Waals surface area (Å²) in [4.78, 5) is 1.31. The number of thiophene rings is 1. The number of aromatic amines is 1.